The van der Waals surface area contributed by atoms with Gasteiger partial charge in [0.2, 0.25) is 5.91 Å². The van der Waals surface area contributed by atoms with Crippen molar-refractivity contribution in [3.63, 3.8) is 0 Å². The van der Waals surface area contributed by atoms with Gasteiger partial charge in [0.1, 0.15) is 0 Å². The molecule has 0 N–H and O–H groups in total. The third kappa shape index (κ3) is 1.17. The van der Waals surface area contributed by atoms with Crippen LogP contribution in [0.1, 0.15) is 19.3 Å². The average molecular weight is 168 g/mol. The van der Waals surface area contributed by atoms with Gasteiger partial charge in [-0.15, -0.1) is 0 Å². The van der Waals surface area contributed by atoms with Crippen molar-refractivity contribution in [2.75, 3.05) is 6.54 Å². The van der Waals surface area contributed by atoms with Crippen molar-refractivity contribution in [3.8, 4) is 0 Å². The van der Waals surface area contributed by atoms with Crippen molar-refractivity contribution in [3.05, 3.63) is 0 Å². The summed E-state index contributed by atoms with van der Waals surface area (Å²) < 4.78 is 0. The minimum absolute atomic E-state index is 0.0216. The predicted molar refractivity (Wildman–Crippen MR) is 37.8 cm³/mol. The molecule has 1 aliphatic carbocycles. The van der Waals surface area contributed by atoms with Crippen LogP contribution in [0.15, 0.2) is 0 Å². The van der Waals surface area contributed by atoms with Crippen molar-refractivity contribution in [2.45, 2.75) is 25.3 Å². The van der Waals surface area contributed by atoms with Crippen LogP contribution in [-0.2, 0) is 9.59 Å². The first kappa shape index (κ1) is 7.58. The molecule has 0 aromatic rings. The lowest BCUT2D eigenvalue weighted by Crippen LogP contribution is -2.34. The minimum Gasteiger partial charge on any atom is -0.550 e. The van der Waals surface area contributed by atoms with Gasteiger partial charge in [-0.05, 0) is 12.8 Å². The maximum absolute atomic E-state index is 11.2. The first-order chi connectivity index (χ1) is 5.68. The van der Waals surface area contributed by atoms with E-state index in [4.69, 9.17) is 0 Å². The summed E-state index contributed by atoms with van der Waals surface area (Å²) in [6, 6.07) is 0.335. The molecule has 1 aliphatic heterocycles. The third-order valence-corrected chi connectivity index (χ3v) is 2.48. The normalized spacial score (nSPS) is 29.5. The molecule has 4 nitrogen and oxygen atoms in total. The van der Waals surface area contributed by atoms with Crippen LogP contribution < -0.4 is 5.11 Å². The third-order valence-electron chi connectivity index (χ3n) is 2.48. The van der Waals surface area contributed by atoms with Gasteiger partial charge in [-0.1, -0.05) is 0 Å². The molecule has 1 amide bonds. The zero-order valence-corrected chi connectivity index (χ0v) is 6.66. The molecule has 0 unspecified atom stereocenters. The van der Waals surface area contributed by atoms with E-state index in [2.05, 4.69) is 0 Å². The standard InChI is InChI=1S/C8H11NO3/c10-7-3-5(8(11)12)4-9(7)6-1-2-6/h5-6H,1-4H2,(H,11,12)/p-1/t5-/m1/s1. The highest BCUT2D eigenvalue weighted by Crippen LogP contribution is 2.32. The summed E-state index contributed by atoms with van der Waals surface area (Å²) in [5.41, 5.74) is 0. The van der Waals surface area contributed by atoms with Crippen LogP contribution in [0.5, 0.6) is 0 Å². The first-order valence-electron chi connectivity index (χ1n) is 4.19. The number of nitrogens with zero attached hydrogens (tertiary/aromatic N) is 1. The van der Waals surface area contributed by atoms with E-state index in [-0.39, 0.29) is 12.3 Å². The van der Waals surface area contributed by atoms with E-state index in [0.29, 0.717) is 12.6 Å². The van der Waals surface area contributed by atoms with Gasteiger partial charge in [-0.25, -0.2) is 0 Å². The fourth-order valence-corrected chi connectivity index (χ4v) is 1.63. The molecule has 1 saturated carbocycles. The summed E-state index contributed by atoms with van der Waals surface area (Å²) in [6.45, 7) is 0.367. The lowest BCUT2D eigenvalue weighted by molar-refractivity contribution is -0.311. The zero-order chi connectivity index (χ0) is 8.72. The van der Waals surface area contributed by atoms with Crippen molar-refractivity contribution in [1.82, 2.24) is 4.90 Å². The summed E-state index contributed by atoms with van der Waals surface area (Å²) in [6.07, 6.45) is 2.20. The van der Waals surface area contributed by atoms with E-state index in [1.165, 1.54) is 0 Å². The van der Waals surface area contributed by atoms with Crippen LogP contribution in [0, 0.1) is 5.92 Å². The van der Waals surface area contributed by atoms with Crippen LogP contribution in [0.4, 0.5) is 0 Å². The number of hydrogen-bond donors (Lipinski definition) is 0. The molecule has 2 fully saturated rings. The van der Waals surface area contributed by atoms with Gasteiger partial charge in [0.25, 0.3) is 0 Å². The summed E-state index contributed by atoms with van der Waals surface area (Å²) in [4.78, 5) is 23.3. The van der Waals surface area contributed by atoms with Gasteiger partial charge < -0.3 is 14.8 Å². The zero-order valence-electron chi connectivity index (χ0n) is 6.66. The maximum Gasteiger partial charge on any atom is 0.223 e. The Balaban J connectivity index is 2.01. The number of hydrogen-bond acceptors (Lipinski definition) is 3. The molecule has 0 radical (unpaired) electrons. The van der Waals surface area contributed by atoms with Crippen LogP contribution in [0.2, 0.25) is 0 Å². The number of carbonyl (C=O) groups excluding carboxylic acids is 2. The van der Waals surface area contributed by atoms with Crippen LogP contribution in [0.25, 0.3) is 0 Å². The Bertz CT molecular complexity index is 234. The fourth-order valence-electron chi connectivity index (χ4n) is 1.63. The SMILES string of the molecule is O=C([O-])[C@@H]1CC(=O)N(C2CC2)C1. The first-order valence-corrected chi connectivity index (χ1v) is 4.19. The molecular weight excluding hydrogens is 158 g/mol. The summed E-state index contributed by atoms with van der Waals surface area (Å²) in [5.74, 6) is -1.68. The van der Waals surface area contributed by atoms with Crippen molar-refractivity contribution >= 4 is 11.9 Å². The number of carboxylic acid groups (broad SMARTS) is 1. The van der Waals surface area contributed by atoms with E-state index >= 15 is 0 Å². The minimum atomic E-state index is -1.09. The topological polar surface area (TPSA) is 60.4 Å². The van der Waals surface area contributed by atoms with Crippen molar-refractivity contribution in [2.24, 2.45) is 5.92 Å². The molecule has 2 rings (SSSR count). The van der Waals surface area contributed by atoms with Gasteiger partial charge in [-0.3, -0.25) is 4.79 Å². The Morgan fingerprint density at radius 3 is 2.58 bits per heavy atom. The number of carbonyl (C=O) groups is 2. The van der Waals surface area contributed by atoms with Gasteiger partial charge in [0.05, 0.1) is 0 Å². The van der Waals surface area contributed by atoms with Crippen molar-refractivity contribution in [1.29, 1.82) is 0 Å². The fraction of sp³-hybridized carbons (Fsp3) is 0.750. The number of amides is 1. The molecule has 1 heterocycles. The Morgan fingerprint density at radius 1 is 1.50 bits per heavy atom. The summed E-state index contributed by atoms with van der Waals surface area (Å²) in [7, 11) is 0. The van der Waals surface area contributed by atoms with E-state index in [1.54, 1.807) is 4.90 Å². The lowest BCUT2D eigenvalue weighted by Gasteiger charge is -2.15. The second-order valence-corrected chi connectivity index (χ2v) is 3.50. The molecule has 0 aromatic heterocycles. The molecule has 2 aliphatic rings. The highest BCUT2D eigenvalue weighted by atomic mass is 16.4. The largest absolute Gasteiger partial charge is 0.550 e. The monoisotopic (exact) mass is 168 g/mol. The van der Waals surface area contributed by atoms with Gasteiger partial charge >= 0.3 is 0 Å². The van der Waals surface area contributed by atoms with Crippen molar-refractivity contribution < 1.29 is 14.7 Å². The lowest BCUT2D eigenvalue weighted by atomic mass is 10.1. The Hall–Kier alpha value is -1.06. The quantitative estimate of drug-likeness (QED) is 0.517. The smallest absolute Gasteiger partial charge is 0.223 e. The highest BCUT2D eigenvalue weighted by molar-refractivity contribution is 5.85. The predicted octanol–water partition coefficient (Wildman–Crippen LogP) is -1.25. The highest BCUT2D eigenvalue weighted by Gasteiger charge is 2.39. The van der Waals surface area contributed by atoms with Gasteiger partial charge in [0.15, 0.2) is 0 Å². The second kappa shape index (κ2) is 2.47. The van der Waals surface area contributed by atoms with Crippen LogP contribution >= 0.6 is 0 Å². The second-order valence-electron chi connectivity index (χ2n) is 3.50. The summed E-state index contributed by atoms with van der Waals surface area (Å²) >= 11 is 0. The Morgan fingerprint density at radius 2 is 2.17 bits per heavy atom. The number of rotatable bonds is 2. The molecule has 1 saturated heterocycles. The number of likely N-dealkylation sites (tertiary alicyclic amines) is 1. The van der Waals surface area contributed by atoms with E-state index in [9.17, 15) is 14.7 Å². The molecule has 4 heteroatoms. The number of carboxylic acids is 1. The molecule has 0 aromatic carbocycles. The molecule has 1 atom stereocenters. The Kier molecular flexibility index (Phi) is 1.56. The molecule has 66 valence electrons. The van der Waals surface area contributed by atoms with E-state index in [1.807, 2.05) is 0 Å². The van der Waals surface area contributed by atoms with Crippen LogP contribution in [-0.4, -0.2) is 29.4 Å². The number of aliphatic carboxylic acids is 1. The van der Waals surface area contributed by atoms with E-state index in [0.717, 1.165) is 12.8 Å². The maximum atomic E-state index is 11.2. The van der Waals surface area contributed by atoms with E-state index < -0.39 is 11.9 Å². The molecular formula is C8H10NO3-. The average Bonchev–Trinajstić information content (AvgIpc) is 2.75. The molecule has 0 bridgehead atoms. The van der Waals surface area contributed by atoms with Gasteiger partial charge in [0, 0.05) is 30.9 Å². The van der Waals surface area contributed by atoms with Gasteiger partial charge in [-0.2, -0.15) is 0 Å². The molecule has 0 spiro atoms. The summed E-state index contributed by atoms with van der Waals surface area (Å²) in [5, 5.41) is 10.4. The molecule has 12 heavy (non-hydrogen) atoms. The Labute approximate surface area is 70.2 Å². The van der Waals surface area contributed by atoms with Crippen LogP contribution in [0.3, 0.4) is 0 Å².